The smallest absolute Gasteiger partial charge is 0.805 e. The molecule has 0 spiro atoms. The molecule has 0 aromatic heterocycles. The van der Waals surface area contributed by atoms with Crippen LogP contribution in [0.1, 0.15) is 118 Å². The van der Waals surface area contributed by atoms with Crippen molar-refractivity contribution >= 4 is 26.2 Å². The monoisotopic (exact) mass is 514 g/mol. The van der Waals surface area contributed by atoms with E-state index in [2.05, 4.69) is 0 Å². The molecule has 0 aromatic carbocycles. The van der Waals surface area contributed by atoms with Gasteiger partial charge in [0.1, 0.15) is 0 Å². The van der Waals surface area contributed by atoms with Gasteiger partial charge in [0.05, 0.1) is 0 Å². The Morgan fingerprint density at radius 3 is 0.750 bits per heavy atom. The first-order chi connectivity index (χ1) is 14.0. The van der Waals surface area contributed by atoms with E-state index in [1.54, 1.807) is 0 Å². The molecule has 12 heteroatoms. The third-order valence-corrected chi connectivity index (χ3v) is 6.81. The van der Waals surface area contributed by atoms with Gasteiger partial charge in [0.25, 0.3) is 0 Å². The number of carbonyl (C=O) groups excluding carboxylic acids is 2. The molecule has 0 saturated heterocycles. The van der Waals surface area contributed by atoms with Crippen molar-refractivity contribution < 1.29 is 100 Å². The number of rotatable bonds is 21. The molecule has 0 unspecified atom stereocenters. The van der Waals surface area contributed by atoms with Gasteiger partial charge in [-0.2, -0.15) is 0 Å². The normalized spacial score (nSPS) is 11.5. The molecule has 0 aromatic rings. The van der Waals surface area contributed by atoms with Gasteiger partial charge in [-0.3, -0.25) is 9.59 Å². The van der Waals surface area contributed by atoms with Crippen LogP contribution in [0.25, 0.3) is 0 Å². The van der Waals surface area contributed by atoms with E-state index in [-0.39, 0.29) is 74.8 Å². The second kappa shape index (κ2) is 23.1. The van der Waals surface area contributed by atoms with E-state index < -0.39 is 26.2 Å². The Morgan fingerprint density at radius 2 is 0.594 bits per heavy atom. The van der Waals surface area contributed by atoms with Crippen LogP contribution in [-0.2, 0) is 18.7 Å². The maximum atomic E-state index is 11.0. The van der Waals surface area contributed by atoms with E-state index in [1.807, 2.05) is 0 Å². The molecule has 0 aliphatic heterocycles. The molecule has 0 saturated carbocycles. The average Bonchev–Trinajstić information content (AvgIpc) is 2.65. The van der Waals surface area contributed by atoms with E-state index in [4.69, 9.17) is 0 Å². The van der Waals surface area contributed by atoms with Gasteiger partial charge in [-0.1, -0.05) is 89.9 Å². The van der Waals surface area contributed by atoms with Gasteiger partial charge in [0.2, 0.25) is 0 Å². The van der Waals surface area contributed by atoms with Crippen molar-refractivity contribution in [1.82, 2.24) is 0 Å². The van der Waals surface area contributed by atoms with Crippen molar-refractivity contribution in [2.24, 2.45) is 0 Å². The minimum absolute atomic E-state index is 0. The topological polar surface area (TPSA) is 161 Å². The quantitative estimate of drug-likeness (QED) is 0.0897. The summed E-state index contributed by atoms with van der Waals surface area (Å²) in [7, 11) is -10.1. The minimum Gasteiger partial charge on any atom is -0.805 e. The van der Waals surface area contributed by atoms with Crippen LogP contribution >= 0.6 is 15.2 Å². The van der Waals surface area contributed by atoms with Gasteiger partial charge >= 0.3 is 62.0 Å². The summed E-state index contributed by atoms with van der Waals surface area (Å²) in [6.07, 6.45) is 15.6. The molecule has 0 radical (unpaired) electrons. The van der Waals surface area contributed by atoms with Crippen LogP contribution < -0.4 is 78.7 Å². The molecule has 0 heterocycles. The zero-order chi connectivity index (χ0) is 22.9. The van der Waals surface area contributed by atoms with Gasteiger partial charge in [0.15, 0.2) is 11.0 Å². The molecule has 0 rings (SSSR count). The maximum Gasteiger partial charge on any atom is 1.00 e. The molecule has 0 atom stereocenters. The third-order valence-electron chi connectivity index (χ3n) is 5.14. The summed E-state index contributed by atoms with van der Waals surface area (Å²) in [6.45, 7) is 0. The summed E-state index contributed by atoms with van der Waals surface area (Å²) in [5.41, 5.74) is -2.35. The molecule has 0 amide bonds. The van der Waals surface area contributed by atoms with E-state index in [0.29, 0.717) is 12.8 Å². The third kappa shape index (κ3) is 24.8. The van der Waals surface area contributed by atoms with Gasteiger partial charge in [-0.25, -0.2) is 0 Å². The predicted molar refractivity (Wildman–Crippen MR) is 111 cm³/mol. The van der Waals surface area contributed by atoms with Crippen molar-refractivity contribution in [2.45, 2.75) is 116 Å². The van der Waals surface area contributed by atoms with Gasteiger partial charge in [-0.15, -0.1) is 0 Å². The zero-order valence-electron chi connectivity index (χ0n) is 21.9. The Bertz CT molecular complexity index is 539. The molecule has 0 bridgehead atoms. The summed E-state index contributed by atoms with van der Waals surface area (Å²) in [4.78, 5) is 63.8. The molecule has 0 aliphatic rings. The van der Waals surface area contributed by atoms with Gasteiger partial charge in [0, 0.05) is 28.0 Å². The molecule has 8 nitrogen and oxygen atoms in total. The number of unbranched alkanes of at least 4 members (excludes halogenated alkanes) is 15. The Hall–Kier alpha value is 1.64. The van der Waals surface area contributed by atoms with Crippen LogP contribution in [0.2, 0.25) is 0 Å². The molecular weight excluding hydrogens is 476 g/mol. The van der Waals surface area contributed by atoms with E-state index in [0.717, 1.165) is 51.4 Å². The van der Waals surface area contributed by atoms with Crippen LogP contribution in [0.4, 0.5) is 0 Å². The van der Waals surface area contributed by atoms with Crippen molar-refractivity contribution in [3.8, 4) is 0 Å². The zero-order valence-corrected chi connectivity index (χ0v) is 25.7. The van der Waals surface area contributed by atoms with Crippen LogP contribution in [0, 0.1) is 0 Å². The number of hydrogen-bond donors (Lipinski definition) is 0. The Balaban J connectivity index is -0.000000701. The van der Waals surface area contributed by atoms with E-state index in [9.17, 15) is 38.3 Å². The standard InChI is InChI=1S/C20H40O8P2.2Na/c21-19(29(23,24)25)17-15-13-11-9-7-5-3-1-2-4-6-8-10-12-14-16-18-20(22)30(26,27)28;;/h1-18H2,(H2,23,24,25)(H2,26,27,28);;/q;2*+1/p-2. The fraction of sp³-hybridized carbons (Fsp3) is 0.900. The molecular formula is C20H38Na2O8P2. The summed E-state index contributed by atoms with van der Waals surface area (Å²) < 4.78 is 20.9. The predicted octanol–water partition coefficient (Wildman–Crippen LogP) is -2.88. The molecule has 0 N–H and O–H groups in total. The summed E-state index contributed by atoms with van der Waals surface area (Å²) in [5, 5.41) is 0. The van der Waals surface area contributed by atoms with Crippen molar-refractivity contribution in [3.05, 3.63) is 0 Å². The van der Waals surface area contributed by atoms with Crippen LogP contribution in [0.5, 0.6) is 0 Å². The minimum atomic E-state index is -5.03. The number of hydrogen-bond acceptors (Lipinski definition) is 8. The maximum absolute atomic E-state index is 11.0. The van der Waals surface area contributed by atoms with Gasteiger partial charge < -0.3 is 28.7 Å². The second-order valence-electron chi connectivity index (χ2n) is 7.94. The van der Waals surface area contributed by atoms with E-state index >= 15 is 0 Å². The summed E-state index contributed by atoms with van der Waals surface area (Å²) in [5.74, 6) is 0. The number of carbonyl (C=O) groups is 2. The van der Waals surface area contributed by atoms with E-state index in [1.165, 1.54) is 38.5 Å². The first kappa shape index (κ1) is 38.2. The molecule has 0 fully saturated rings. The fourth-order valence-electron chi connectivity index (χ4n) is 3.30. The first-order valence-electron chi connectivity index (χ1n) is 11.2. The fourth-order valence-corrected chi connectivity index (χ4v) is 4.17. The van der Waals surface area contributed by atoms with Crippen LogP contribution in [-0.4, -0.2) is 11.0 Å². The molecule has 178 valence electrons. The average molecular weight is 514 g/mol. The van der Waals surface area contributed by atoms with Crippen LogP contribution in [0.3, 0.4) is 0 Å². The molecule has 32 heavy (non-hydrogen) atoms. The summed E-state index contributed by atoms with van der Waals surface area (Å²) >= 11 is 0. The van der Waals surface area contributed by atoms with Crippen molar-refractivity contribution in [3.63, 3.8) is 0 Å². The second-order valence-corrected chi connectivity index (χ2v) is 10.9. The first-order valence-corrected chi connectivity index (χ1v) is 14.2. The Labute approximate surface area is 240 Å². The molecule has 0 aliphatic carbocycles. The summed E-state index contributed by atoms with van der Waals surface area (Å²) in [6, 6.07) is 0. The Morgan fingerprint density at radius 1 is 0.438 bits per heavy atom. The van der Waals surface area contributed by atoms with Gasteiger partial charge in [-0.05, 0) is 12.8 Å². The van der Waals surface area contributed by atoms with Crippen molar-refractivity contribution in [1.29, 1.82) is 0 Å². The van der Waals surface area contributed by atoms with Crippen molar-refractivity contribution in [2.75, 3.05) is 0 Å². The largest absolute Gasteiger partial charge is 1.00 e. The Kier molecular flexibility index (Phi) is 27.5. The SMILES string of the molecule is O=C(CCCCCCCCCCCCCCCCCCC(=O)P(=O)([O-])[O-])P(=O)([O-])[O-].[H+].[H+].[Na+].[Na+]. The van der Waals surface area contributed by atoms with Crippen LogP contribution in [0.15, 0.2) is 0 Å².